The van der Waals surface area contributed by atoms with Crippen LogP contribution in [0.5, 0.6) is 5.75 Å². The minimum atomic E-state index is -3.01. The fraction of sp³-hybridized carbons (Fsp3) is 0.111. The molecule has 0 heterocycles. The third kappa shape index (κ3) is 3.06. The third-order valence-electron chi connectivity index (χ3n) is 1.43. The van der Waals surface area contributed by atoms with E-state index in [4.69, 9.17) is 0 Å². The Bertz CT molecular complexity index is 339. The maximum atomic E-state index is 13.0. The molecular weight excluding hydrogens is 261 g/mol. The third-order valence-corrected chi connectivity index (χ3v) is 1.69. The summed E-state index contributed by atoms with van der Waals surface area (Å²) in [4.78, 5) is 1.54. The molecule has 14 heavy (non-hydrogen) atoms. The van der Waals surface area contributed by atoms with E-state index in [1.165, 1.54) is 11.1 Å². The van der Waals surface area contributed by atoms with Crippen LogP contribution in [0.25, 0.3) is 6.08 Å². The Kier molecular flexibility index (Phi) is 4.00. The van der Waals surface area contributed by atoms with Gasteiger partial charge in [0.2, 0.25) is 0 Å². The smallest absolute Gasteiger partial charge is 0.387 e. The van der Waals surface area contributed by atoms with Crippen LogP contribution in [0.3, 0.4) is 0 Å². The maximum Gasteiger partial charge on any atom is 0.387 e. The predicted molar refractivity (Wildman–Crippen MR) is 51.0 cm³/mol. The van der Waals surface area contributed by atoms with Crippen molar-refractivity contribution in [2.45, 2.75) is 6.61 Å². The van der Waals surface area contributed by atoms with Gasteiger partial charge in [-0.05, 0) is 28.8 Å². The van der Waals surface area contributed by atoms with Crippen LogP contribution in [0.2, 0.25) is 0 Å². The Hall–Kier alpha value is -0.970. The van der Waals surface area contributed by atoms with Gasteiger partial charge in [-0.25, -0.2) is 4.39 Å². The van der Waals surface area contributed by atoms with Crippen LogP contribution in [-0.2, 0) is 0 Å². The molecule has 0 aliphatic rings. The van der Waals surface area contributed by atoms with E-state index in [0.29, 0.717) is 5.56 Å². The Morgan fingerprint density at radius 3 is 2.57 bits per heavy atom. The van der Waals surface area contributed by atoms with E-state index in [0.717, 1.165) is 12.1 Å². The molecule has 0 aliphatic carbocycles. The molecule has 0 aliphatic heterocycles. The molecular formula is C9H6BrF3O. The highest BCUT2D eigenvalue weighted by atomic mass is 79.9. The summed E-state index contributed by atoms with van der Waals surface area (Å²) in [7, 11) is 0. The fourth-order valence-corrected chi connectivity index (χ4v) is 1.19. The molecule has 0 N–H and O–H groups in total. The number of ether oxygens (including phenoxy) is 1. The average molecular weight is 267 g/mol. The Morgan fingerprint density at radius 1 is 1.36 bits per heavy atom. The van der Waals surface area contributed by atoms with Crippen molar-refractivity contribution in [1.29, 1.82) is 0 Å². The van der Waals surface area contributed by atoms with Gasteiger partial charge >= 0.3 is 6.61 Å². The quantitative estimate of drug-likeness (QED) is 0.809. The lowest BCUT2D eigenvalue weighted by Gasteiger charge is -2.05. The highest BCUT2D eigenvalue weighted by Gasteiger charge is 2.09. The standard InChI is InChI=1S/C9H6BrF3O/c10-4-3-6-1-2-8(7(11)5-6)14-9(12)13/h1-5,9H/b4-3+. The van der Waals surface area contributed by atoms with Gasteiger partial charge < -0.3 is 4.74 Å². The minimum absolute atomic E-state index is 0.452. The molecule has 5 heteroatoms. The first-order chi connectivity index (χ1) is 6.63. The van der Waals surface area contributed by atoms with Gasteiger partial charge in [-0.15, -0.1) is 0 Å². The zero-order valence-corrected chi connectivity index (χ0v) is 8.47. The largest absolute Gasteiger partial charge is 0.432 e. The SMILES string of the molecule is Fc1cc(/C=C/Br)ccc1OC(F)F. The van der Waals surface area contributed by atoms with Gasteiger partial charge in [-0.3, -0.25) is 0 Å². The topological polar surface area (TPSA) is 9.23 Å². The Labute approximate surface area is 87.3 Å². The van der Waals surface area contributed by atoms with E-state index in [1.54, 1.807) is 6.08 Å². The molecule has 0 atom stereocenters. The van der Waals surface area contributed by atoms with Crippen LogP contribution in [0.1, 0.15) is 5.56 Å². The first-order valence-corrected chi connectivity index (χ1v) is 4.56. The Morgan fingerprint density at radius 2 is 2.07 bits per heavy atom. The summed E-state index contributed by atoms with van der Waals surface area (Å²) in [6.07, 6.45) is 1.58. The van der Waals surface area contributed by atoms with Crippen molar-refractivity contribution in [3.63, 3.8) is 0 Å². The first kappa shape index (κ1) is 11.1. The van der Waals surface area contributed by atoms with E-state index in [9.17, 15) is 13.2 Å². The number of hydrogen-bond donors (Lipinski definition) is 0. The summed E-state index contributed by atoms with van der Waals surface area (Å²) in [5.74, 6) is -1.26. The number of hydrogen-bond acceptors (Lipinski definition) is 1. The van der Waals surface area contributed by atoms with Gasteiger partial charge in [0.25, 0.3) is 0 Å². The normalized spacial score (nSPS) is 11.2. The van der Waals surface area contributed by atoms with Crippen LogP contribution in [0, 0.1) is 5.82 Å². The average Bonchev–Trinajstić information content (AvgIpc) is 2.10. The minimum Gasteiger partial charge on any atom is -0.432 e. The summed E-state index contributed by atoms with van der Waals surface area (Å²) in [5, 5.41) is 0. The lowest BCUT2D eigenvalue weighted by atomic mass is 10.2. The zero-order valence-electron chi connectivity index (χ0n) is 6.88. The molecule has 1 aromatic rings. The van der Waals surface area contributed by atoms with E-state index >= 15 is 0 Å². The zero-order chi connectivity index (χ0) is 10.6. The lowest BCUT2D eigenvalue weighted by molar-refractivity contribution is -0.0521. The van der Waals surface area contributed by atoms with Crippen LogP contribution < -0.4 is 4.74 Å². The van der Waals surface area contributed by atoms with Gasteiger partial charge in [-0.1, -0.05) is 22.0 Å². The van der Waals surface area contributed by atoms with Crippen molar-refractivity contribution >= 4 is 22.0 Å². The van der Waals surface area contributed by atoms with Gasteiger partial charge in [0.15, 0.2) is 11.6 Å². The molecule has 0 aromatic heterocycles. The second-order valence-electron chi connectivity index (χ2n) is 2.36. The highest BCUT2D eigenvalue weighted by molar-refractivity contribution is 9.11. The molecule has 0 saturated carbocycles. The summed E-state index contributed by atoms with van der Waals surface area (Å²) in [6, 6.07) is 3.73. The number of benzene rings is 1. The summed E-state index contributed by atoms with van der Waals surface area (Å²) in [5.41, 5.74) is 0.556. The summed E-state index contributed by atoms with van der Waals surface area (Å²) in [6.45, 7) is -3.01. The van der Waals surface area contributed by atoms with E-state index in [-0.39, 0.29) is 0 Å². The van der Waals surface area contributed by atoms with Crippen LogP contribution in [0.4, 0.5) is 13.2 Å². The molecule has 0 fully saturated rings. The highest BCUT2D eigenvalue weighted by Crippen LogP contribution is 2.21. The lowest BCUT2D eigenvalue weighted by Crippen LogP contribution is -2.03. The van der Waals surface area contributed by atoms with E-state index in [2.05, 4.69) is 20.7 Å². The van der Waals surface area contributed by atoms with E-state index < -0.39 is 18.2 Å². The van der Waals surface area contributed by atoms with Crippen LogP contribution in [-0.4, -0.2) is 6.61 Å². The molecule has 1 nitrogen and oxygen atoms in total. The second-order valence-corrected chi connectivity index (χ2v) is 2.89. The first-order valence-electron chi connectivity index (χ1n) is 3.64. The molecule has 0 spiro atoms. The molecule has 0 bridgehead atoms. The monoisotopic (exact) mass is 266 g/mol. The fourth-order valence-electron chi connectivity index (χ4n) is 0.885. The van der Waals surface area contributed by atoms with Crippen molar-refractivity contribution in [3.05, 3.63) is 34.6 Å². The van der Waals surface area contributed by atoms with Crippen LogP contribution >= 0.6 is 15.9 Å². The molecule has 1 rings (SSSR count). The maximum absolute atomic E-state index is 13.0. The molecule has 76 valence electrons. The van der Waals surface area contributed by atoms with Crippen LogP contribution in [0.15, 0.2) is 23.2 Å². The molecule has 0 amide bonds. The van der Waals surface area contributed by atoms with Gasteiger partial charge in [0.1, 0.15) is 0 Å². The van der Waals surface area contributed by atoms with Gasteiger partial charge in [0, 0.05) is 0 Å². The van der Waals surface area contributed by atoms with Crippen molar-refractivity contribution in [2.75, 3.05) is 0 Å². The van der Waals surface area contributed by atoms with Crippen molar-refractivity contribution in [2.24, 2.45) is 0 Å². The predicted octanol–water partition coefficient (Wildman–Crippen LogP) is 3.79. The molecule has 0 radical (unpaired) electrons. The molecule has 0 unspecified atom stereocenters. The summed E-state index contributed by atoms with van der Waals surface area (Å²) >= 11 is 3.02. The summed E-state index contributed by atoms with van der Waals surface area (Å²) < 4.78 is 40.4. The van der Waals surface area contributed by atoms with Crippen molar-refractivity contribution in [3.8, 4) is 5.75 Å². The Balaban J connectivity index is 2.89. The molecule has 0 saturated heterocycles. The molecule has 1 aromatic carbocycles. The van der Waals surface area contributed by atoms with Gasteiger partial charge in [0.05, 0.1) is 0 Å². The second kappa shape index (κ2) is 5.05. The van der Waals surface area contributed by atoms with Crippen molar-refractivity contribution in [1.82, 2.24) is 0 Å². The number of alkyl halides is 2. The number of halogens is 4. The van der Waals surface area contributed by atoms with Gasteiger partial charge in [-0.2, -0.15) is 8.78 Å². The number of rotatable bonds is 3. The van der Waals surface area contributed by atoms with E-state index in [1.807, 2.05) is 0 Å². The van der Waals surface area contributed by atoms with Crippen molar-refractivity contribution < 1.29 is 17.9 Å².